The topological polar surface area (TPSA) is 92.7 Å². The first-order valence-corrected chi connectivity index (χ1v) is 11.1. The summed E-state index contributed by atoms with van der Waals surface area (Å²) in [7, 11) is -4.12. The van der Waals surface area contributed by atoms with Gasteiger partial charge in [0.05, 0.1) is 11.5 Å². The Morgan fingerprint density at radius 2 is 1.73 bits per heavy atom. The third kappa shape index (κ3) is 5.70. The highest BCUT2D eigenvalue weighted by Gasteiger charge is 2.46. The van der Waals surface area contributed by atoms with Crippen LogP contribution in [0.3, 0.4) is 0 Å². The molecule has 0 saturated heterocycles. The Balaban J connectivity index is 2.50. The maximum atomic E-state index is 12.9. The van der Waals surface area contributed by atoms with Crippen molar-refractivity contribution in [3.8, 4) is 11.8 Å². The Hall–Kier alpha value is -2.66. The Morgan fingerprint density at radius 3 is 2.27 bits per heavy atom. The van der Waals surface area contributed by atoms with Gasteiger partial charge in [-0.05, 0) is 44.0 Å². The number of aryl methyl sites for hydroxylation is 1. The lowest BCUT2D eigenvalue weighted by Gasteiger charge is -2.33. The molecule has 0 spiro atoms. The molecular weight excluding hydrogens is 402 g/mol. The lowest BCUT2D eigenvalue weighted by molar-refractivity contribution is -0.151. The van der Waals surface area contributed by atoms with Gasteiger partial charge in [0.1, 0.15) is 0 Å². The fourth-order valence-electron chi connectivity index (χ4n) is 2.73. The number of aliphatic hydroxyl groups is 1. The van der Waals surface area contributed by atoms with Gasteiger partial charge in [-0.2, -0.15) is 4.72 Å². The van der Waals surface area contributed by atoms with E-state index in [1.54, 1.807) is 57.2 Å². The summed E-state index contributed by atoms with van der Waals surface area (Å²) in [6.45, 7) is 6.79. The van der Waals surface area contributed by atoms with E-state index in [0.29, 0.717) is 5.56 Å². The molecule has 0 saturated carbocycles. The predicted molar refractivity (Wildman–Crippen MR) is 115 cm³/mol. The average molecular weight is 430 g/mol. The summed E-state index contributed by atoms with van der Waals surface area (Å²) in [5, 5.41) is 11.4. The van der Waals surface area contributed by atoms with Crippen LogP contribution in [0.25, 0.3) is 0 Å². The van der Waals surface area contributed by atoms with Crippen LogP contribution in [-0.2, 0) is 19.6 Å². The minimum Gasteiger partial charge on any atom is -0.465 e. The number of carbonyl (C=O) groups excluding carboxylic acids is 1. The van der Waals surface area contributed by atoms with Gasteiger partial charge in [-0.1, -0.05) is 61.6 Å². The molecule has 0 amide bonds. The van der Waals surface area contributed by atoms with Crippen molar-refractivity contribution in [2.24, 2.45) is 5.92 Å². The zero-order chi connectivity index (χ0) is 22.4. The van der Waals surface area contributed by atoms with Crippen molar-refractivity contribution >= 4 is 16.0 Å². The van der Waals surface area contributed by atoms with Crippen LogP contribution >= 0.6 is 0 Å². The van der Waals surface area contributed by atoms with Crippen LogP contribution in [-0.4, -0.2) is 37.7 Å². The first-order chi connectivity index (χ1) is 14.1. The highest BCUT2D eigenvalue weighted by molar-refractivity contribution is 7.89. The molecule has 0 aliphatic rings. The zero-order valence-electron chi connectivity index (χ0n) is 17.5. The van der Waals surface area contributed by atoms with E-state index >= 15 is 0 Å². The van der Waals surface area contributed by atoms with Crippen LogP contribution in [0.2, 0.25) is 0 Å². The van der Waals surface area contributed by atoms with Crippen molar-refractivity contribution in [2.45, 2.75) is 44.2 Å². The number of rotatable bonds is 7. The highest BCUT2D eigenvalue weighted by Crippen LogP contribution is 2.24. The second-order valence-electron chi connectivity index (χ2n) is 7.22. The third-order valence-electron chi connectivity index (χ3n) is 4.63. The Bertz CT molecular complexity index is 1020. The lowest BCUT2D eigenvalue weighted by Crippen LogP contribution is -2.59. The lowest BCUT2D eigenvalue weighted by atomic mass is 9.84. The molecule has 0 aliphatic heterocycles. The summed E-state index contributed by atoms with van der Waals surface area (Å²) in [6, 6.07) is 13.5. The van der Waals surface area contributed by atoms with E-state index in [4.69, 9.17) is 4.74 Å². The molecule has 0 radical (unpaired) electrons. The van der Waals surface area contributed by atoms with Gasteiger partial charge in [0, 0.05) is 5.56 Å². The van der Waals surface area contributed by atoms with Gasteiger partial charge in [-0.3, -0.25) is 4.79 Å². The standard InChI is InChI=1S/C23H27NO5S/c1-5-29-22(25)21(24-30(27,28)20-13-11-18(4)12-14-20)23(26,17(2)3)16-15-19-9-7-6-8-10-19/h6-14,17,21,24,26H,5H2,1-4H3/t21-,23-/m0/s1. The Kier molecular flexibility index (Phi) is 7.79. The third-order valence-corrected chi connectivity index (χ3v) is 6.07. The number of sulfonamides is 1. The number of ether oxygens (including phenoxy) is 1. The van der Waals surface area contributed by atoms with Crippen molar-refractivity contribution < 1.29 is 23.1 Å². The second kappa shape index (κ2) is 9.90. The maximum absolute atomic E-state index is 12.9. The molecule has 160 valence electrons. The SMILES string of the molecule is CCOC(=O)[C@H](NS(=O)(=O)c1ccc(C)cc1)[C@](O)(C#Cc1ccccc1)C(C)C. The van der Waals surface area contributed by atoms with E-state index in [0.717, 1.165) is 5.56 Å². The van der Waals surface area contributed by atoms with Gasteiger partial charge in [0.15, 0.2) is 11.6 Å². The quantitative estimate of drug-likeness (QED) is 0.521. The van der Waals surface area contributed by atoms with Crippen molar-refractivity contribution in [1.29, 1.82) is 0 Å². The van der Waals surface area contributed by atoms with Crippen molar-refractivity contribution in [3.63, 3.8) is 0 Å². The van der Waals surface area contributed by atoms with Crippen LogP contribution in [0.5, 0.6) is 0 Å². The molecule has 2 aromatic carbocycles. The van der Waals surface area contributed by atoms with E-state index in [2.05, 4.69) is 16.6 Å². The summed E-state index contributed by atoms with van der Waals surface area (Å²) in [4.78, 5) is 12.7. The molecule has 0 heterocycles. The fourth-order valence-corrected chi connectivity index (χ4v) is 3.94. The van der Waals surface area contributed by atoms with E-state index in [1.165, 1.54) is 12.1 Å². The molecule has 7 heteroatoms. The summed E-state index contributed by atoms with van der Waals surface area (Å²) < 4.78 is 33.2. The van der Waals surface area contributed by atoms with Crippen molar-refractivity contribution in [1.82, 2.24) is 4.72 Å². The minimum atomic E-state index is -4.12. The van der Waals surface area contributed by atoms with Crippen LogP contribution < -0.4 is 4.72 Å². The molecule has 2 aromatic rings. The maximum Gasteiger partial charge on any atom is 0.328 e. The van der Waals surface area contributed by atoms with Crippen LogP contribution in [0, 0.1) is 24.7 Å². The number of nitrogens with one attached hydrogen (secondary N) is 1. The second-order valence-corrected chi connectivity index (χ2v) is 8.93. The van der Waals surface area contributed by atoms with Gasteiger partial charge in [-0.25, -0.2) is 8.42 Å². The molecule has 2 N–H and O–H groups in total. The average Bonchev–Trinajstić information content (AvgIpc) is 2.71. The monoisotopic (exact) mass is 429 g/mol. The molecule has 0 fully saturated rings. The minimum absolute atomic E-state index is 0.0236. The van der Waals surface area contributed by atoms with Gasteiger partial charge < -0.3 is 9.84 Å². The van der Waals surface area contributed by atoms with Crippen LogP contribution in [0.1, 0.15) is 31.9 Å². The molecule has 0 unspecified atom stereocenters. The van der Waals surface area contributed by atoms with Crippen LogP contribution in [0.15, 0.2) is 59.5 Å². The molecule has 0 aliphatic carbocycles. The summed E-state index contributed by atoms with van der Waals surface area (Å²) in [5.74, 6) is 4.07. The Labute approximate surface area is 178 Å². The van der Waals surface area contributed by atoms with Gasteiger partial charge in [0.25, 0.3) is 0 Å². The normalized spacial score (nSPS) is 14.3. The first-order valence-electron chi connectivity index (χ1n) is 9.66. The van der Waals surface area contributed by atoms with Gasteiger partial charge in [0.2, 0.25) is 10.0 Å². The largest absolute Gasteiger partial charge is 0.465 e. The first kappa shape index (κ1) is 23.6. The van der Waals surface area contributed by atoms with Gasteiger partial charge >= 0.3 is 5.97 Å². The molecule has 0 aromatic heterocycles. The molecule has 6 nitrogen and oxygen atoms in total. The summed E-state index contributed by atoms with van der Waals surface area (Å²) >= 11 is 0. The summed E-state index contributed by atoms with van der Waals surface area (Å²) in [6.07, 6.45) is 0. The molecular formula is C23H27NO5S. The number of hydrogen-bond acceptors (Lipinski definition) is 5. The molecule has 30 heavy (non-hydrogen) atoms. The predicted octanol–water partition coefficient (Wildman–Crippen LogP) is 2.64. The van der Waals surface area contributed by atoms with E-state index in [1.807, 2.05) is 13.0 Å². The highest BCUT2D eigenvalue weighted by atomic mass is 32.2. The number of benzene rings is 2. The summed E-state index contributed by atoms with van der Waals surface area (Å²) in [5.41, 5.74) is -0.483. The molecule has 2 rings (SSSR count). The smallest absolute Gasteiger partial charge is 0.328 e. The van der Waals surface area contributed by atoms with E-state index in [-0.39, 0.29) is 11.5 Å². The van der Waals surface area contributed by atoms with Crippen molar-refractivity contribution in [2.75, 3.05) is 6.61 Å². The van der Waals surface area contributed by atoms with E-state index < -0.39 is 33.6 Å². The van der Waals surface area contributed by atoms with E-state index in [9.17, 15) is 18.3 Å². The number of hydrogen-bond donors (Lipinski definition) is 2. The van der Waals surface area contributed by atoms with Crippen molar-refractivity contribution in [3.05, 3.63) is 65.7 Å². The van der Waals surface area contributed by atoms with Gasteiger partial charge in [-0.15, -0.1) is 0 Å². The number of esters is 1. The molecule has 0 bridgehead atoms. The Morgan fingerprint density at radius 1 is 1.13 bits per heavy atom. The fraction of sp³-hybridized carbons (Fsp3) is 0.348. The zero-order valence-corrected chi connectivity index (χ0v) is 18.4. The molecule has 2 atom stereocenters. The number of carbonyl (C=O) groups is 1. The van der Waals surface area contributed by atoms with Crippen LogP contribution in [0.4, 0.5) is 0 Å².